The highest BCUT2D eigenvalue weighted by Gasteiger charge is 2.56. The van der Waals surface area contributed by atoms with Crippen LogP contribution in [0.4, 0.5) is 10.5 Å². The number of para-hydroxylation sites is 1. The summed E-state index contributed by atoms with van der Waals surface area (Å²) in [6, 6.07) is 15.1. The van der Waals surface area contributed by atoms with Crippen LogP contribution >= 0.6 is 0 Å². The fourth-order valence-electron chi connectivity index (χ4n) is 5.05. The quantitative estimate of drug-likeness (QED) is 0.617. The van der Waals surface area contributed by atoms with Crippen molar-refractivity contribution in [1.82, 2.24) is 9.80 Å². The Morgan fingerprint density at radius 3 is 2.54 bits per heavy atom. The number of nitrogens with zero attached hydrogens (tertiary/aromatic N) is 2. The predicted molar refractivity (Wildman–Crippen MR) is 131 cm³/mol. The molecule has 3 amide bonds. The molecule has 8 nitrogen and oxygen atoms in total. The van der Waals surface area contributed by atoms with Crippen LogP contribution in [0.15, 0.2) is 54.6 Å². The summed E-state index contributed by atoms with van der Waals surface area (Å²) in [5, 5.41) is 2.89. The van der Waals surface area contributed by atoms with Gasteiger partial charge in [-0.05, 0) is 36.0 Å². The van der Waals surface area contributed by atoms with Crippen LogP contribution in [0.5, 0.6) is 0 Å². The average Bonchev–Trinajstić information content (AvgIpc) is 3.39. The van der Waals surface area contributed by atoms with Crippen LogP contribution in [-0.4, -0.2) is 59.7 Å². The van der Waals surface area contributed by atoms with Gasteiger partial charge in [0.2, 0.25) is 11.8 Å². The summed E-state index contributed by atoms with van der Waals surface area (Å²) in [5.41, 5.74) is 1.36. The molecule has 0 radical (unpaired) electrons. The minimum atomic E-state index is -0.980. The monoisotopic (exact) mass is 477 g/mol. The van der Waals surface area contributed by atoms with E-state index < -0.39 is 23.6 Å². The van der Waals surface area contributed by atoms with Crippen LogP contribution in [0, 0.1) is 5.92 Å². The zero-order valence-corrected chi connectivity index (χ0v) is 20.3. The van der Waals surface area contributed by atoms with Crippen LogP contribution in [0.3, 0.4) is 0 Å². The first-order chi connectivity index (χ1) is 16.8. The third-order valence-corrected chi connectivity index (χ3v) is 6.90. The molecule has 0 bridgehead atoms. The number of nitrogens with one attached hydrogen (secondary N) is 1. The minimum absolute atomic E-state index is 0.0829. The number of benzene rings is 2. The Kier molecular flexibility index (Phi) is 6.91. The van der Waals surface area contributed by atoms with E-state index in [0.29, 0.717) is 12.1 Å². The number of ether oxygens (including phenoxy) is 1. The molecule has 1 spiro atoms. The Balaban J connectivity index is 1.55. The zero-order chi connectivity index (χ0) is 25.2. The van der Waals surface area contributed by atoms with Crippen molar-refractivity contribution >= 4 is 29.9 Å². The van der Waals surface area contributed by atoms with Crippen molar-refractivity contribution in [3.05, 3.63) is 65.7 Å². The molecular formula is C27H31N3O5. The van der Waals surface area contributed by atoms with Crippen LogP contribution in [0.25, 0.3) is 0 Å². The molecule has 0 aromatic heterocycles. The normalized spacial score (nSPS) is 21.5. The molecule has 2 aromatic carbocycles. The van der Waals surface area contributed by atoms with E-state index in [2.05, 4.69) is 5.32 Å². The van der Waals surface area contributed by atoms with E-state index in [0.717, 1.165) is 17.4 Å². The largest absolute Gasteiger partial charge is 0.445 e. The van der Waals surface area contributed by atoms with Crippen LogP contribution in [-0.2, 0) is 31.1 Å². The smallest absolute Gasteiger partial charge is 0.410 e. The van der Waals surface area contributed by atoms with Gasteiger partial charge in [-0.25, -0.2) is 4.79 Å². The number of anilines is 1. The second kappa shape index (κ2) is 9.90. The summed E-state index contributed by atoms with van der Waals surface area (Å²) in [4.78, 5) is 54.6. The average molecular weight is 478 g/mol. The number of fused-ring (bicyclic) bond motifs is 2. The van der Waals surface area contributed by atoms with Crippen molar-refractivity contribution < 1.29 is 23.9 Å². The molecular weight excluding hydrogens is 446 g/mol. The van der Waals surface area contributed by atoms with E-state index in [4.69, 9.17) is 4.74 Å². The Bertz CT molecular complexity index is 1120. The number of likely N-dealkylation sites (tertiary alicyclic amines) is 1. The van der Waals surface area contributed by atoms with Gasteiger partial charge in [0.1, 0.15) is 18.9 Å². The van der Waals surface area contributed by atoms with Gasteiger partial charge in [0.15, 0.2) is 0 Å². The van der Waals surface area contributed by atoms with Crippen molar-refractivity contribution in [2.45, 2.75) is 50.8 Å². The van der Waals surface area contributed by atoms with Gasteiger partial charge < -0.3 is 19.7 Å². The molecule has 1 unspecified atom stereocenters. The van der Waals surface area contributed by atoms with E-state index in [1.54, 1.807) is 0 Å². The number of carbonyl (C=O) groups excluding carboxylic acids is 4. The van der Waals surface area contributed by atoms with Crippen LogP contribution in [0.2, 0.25) is 0 Å². The van der Waals surface area contributed by atoms with E-state index in [-0.39, 0.29) is 37.3 Å². The maximum Gasteiger partial charge on any atom is 0.410 e. The first-order valence-electron chi connectivity index (χ1n) is 11.9. The van der Waals surface area contributed by atoms with Gasteiger partial charge in [-0.3, -0.25) is 14.5 Å². The lowest BCUT2D eigenvalue weighted by Crippen LogP contribution is -2.52. The molecule has 1 saturated heterocycles. The van der Waals surface area contributed by atoms with Gasteiger partial charge in [-0.2, -0.15) is 0 Å². The Hall–Kier alpha value is -3.68. The van der Waals surface area contributed by atoms with Crippen molar-refractivity contribution in [3.63, 3.8) is 0 Å². The highest BCUT2D eigenvalue weighted by molar-refractivity contribution is 6.07. The molecule has 2 aliphatic heterocycles. The summed E-state index contributed by atoms with van der Waals surface area (Å²) in [5.74, 6) is -0.462. The topological polar surface area (TPSA) is 96.0 Å². The summed E-state index contributed by atoms with van der Waals surface area (Å²) in [6.07, 6.45) is 0.712. The van der Waals surface area contributed by atoms with E-state index in [1.807, 2.05) is 68.4 Å². The molecule has 8 heteroatoms. The third-order valence-electron chi connectivity index (χ3n) is 6.90. The first kappa shape index (κ1) is 24.4. The molecule has 35 heavy (non-hydrogen) atoms. The van der Waals surface area contributed by atoms with E-state index in [9.17, 15) is 19.2 Å². The minimum Gasteiger partial charge on any atom is -0.445 e. The lowest BCUT2D eigenvalue weighted by molar-refractivity contribution is -0.139. The van der Waals surface area contributed by atoms with E-state index >= 15 is 0 Å². The van der Waals surface area contributed by atoms with Crippen molar-refractivity contribution in [1.29, 1.82) is 0 Å². The standard InChI is InChI=1S/C27H31N3O5/c1-18(2)13-23(29(3)26(34)35-16-19-9-5-4-6-10-19)24(32)30-17-27(14-20(30)15-31)21-11-7-8-12-22(21)28-25(27)33/h4-12,15,18,20,23H,13-14,16-17H2,1-3H3,(H,28,33)/t20-,23?,27-/m0/s1. The third kappa shape index (κ3) is 4.65. The molecule has 0 aliphatic carbocycles. The summed E-state index contributed by atoms with van der Waals surface area (Å²) >= 11 is 0. The lowest BCUT2D eigenvalue weighted by Gasteiger charge is -2.33. The van der Waals surface area contributed by atoms with Gasteiger partial charge in [0.25, 0.3) is 0 Å². The van der Waals surface area contributed by atoms with Gasteiger partial charge in [0, 0.05) is 19.3 Å². The number of hydrogen-bond donors (Lipinski definition) is 1. The van der Waals surface area contributed by atoms with Gasteiger partial charge in [0.05, 0.1) is 11.5 Å². The number of hydrogen-bond acceptors (Lipinski definition) is 5. The number of likely N-dealkylation sites (N-methyl/N-ethyl adjacent to an activating group) is 1. The Labute approximate surface area is 205 Å². The van der Waals surface area contributed by atoms with Crippen LogP contribution < -0.4 is 5.32 Å². The van der Waals surface area contributed by atoms with Gasteiger partial charge in [-0.1, -0.05) is 62.4 Å². The van der Waals surface area contributed by atoms with Crippen molar-refractivity contribution in [2.75, 3.05) is 18.9 Å². The molecule has 0 saturated carbocycles. The van der Waals surface area contributed by atoms with Gasteiger partial charge >= 0.3 is 6.09 Å². The molecule has 1 fully saturated rings. The SMILES string of the molecule is CC(C)CC(C(=O)N1C[C@]2(C[C@H]1C=O)C(=O)Nc1ccccc12)N(C)C(=O)OCc1ccccc1. The van der Waals surface area contributed by atoms with Gasteiger partial charge in [-0.15, -0.1) is 0 Å². The number of aldehydes is 1. The molecule has 2 aliphatic rings. The molecule has 2 aromatic rings. The highest BCUT2D eigenvalue weighted by Crippen LogP contribution is 2.46. The Morgan fingerprint density at radius 2 is 1.86 bits per heavy atom. The molecule has 184 valence electrons. The molecule has 1 N–H and O–H groups in total. The van der Waals surface area contributed by atoms with E-state index in [1.165, 1.54) is 16.8 Å². The lowest BCUT2D eigenvalue weighted by atomic mass is 9.80. The predicted octanol–water partition coefficient (Wildman–Crippen LogP) is 3.36. The molecule has 2 heterocycles. The summed E-state index contributed by atoms with van der Waals surface area (Å²) < 4.78 is 5.46. The second-order valence-electron chi connectivity index (χ2n) is 9.75. The first-order valence-corrected chi connectivity index (χ1v) is 11.9. The molecule has 4 rings (SSSR count). The number of amides is 3. The fraction of sp³-hybridized carbons (Fsp3) is 0.407. The zero-order valence-electron chi connectivity index (χ0n) is 20.3. The molecule has 3 atom stereocenters. The summed E-state index contributed by atoms with van der Waals surface area (Å²) in [6.45, 7) is 4.10. The Morgan fingerprint density at radius 1 is 1.17 bits per heavy atom. The van der Waals surface area contributed by atoms with Crippen molar-refractivity contribution in [2.24, 2.45) is 5.92 Å². The second-order valence-corrected chi connectivity index (χ2v) is 9.75. The fourth-order valence-corrected chi connectivity index (χ4v) is 5.05. The number of carbonyl (C=O) groups is 4. The highest BCUT2D eigenvalue weighted by atomic mass is 16.6. The maximum absolute atomic E-state index is 13.8. The maximum atomic E-state index is 13.8. The summed E-state index contributed by atoms with van der Waals surface area (Å²) in [7, 11) is 1.54. The van der Waals surface area contributed by atoms with Crippen molar-refractivity contribution in [3.8, 4) is 0 Å². The van der Waals surface area contributed by atoms with Crippen LogP contribution in [0.1, 0.15) is 37.8 Å². The number of rotatable bonds is 7.